The molecule has 1 heterocycles. The average molecular weight is 277 g/mol. The Kier molecular flexibility index (Phi) is 4.72. The summed E-state index contributed by atoms with van der Waals surface area (Å²) in [5.74, 6) is -1.06. The van der Waals surface area contributed by atoms with Crippen LogP contribution in [0.25, 0.3) is 0 Å². The molecule has 1 aromatic heterocycles. The van der Waals surface area contributed by atoms with E-state index in [-0.39, 0.29) is 15.7 Å². The van der Waals surface area contributed by atoms with E-state index >= 15 is 0 Å². The highest BCUT2D eigenvalue weighted by molar-refractivity contribution is 6.35. The lowest BCUT2D eigenvalue weighted by molar-refractivity contribution is -0.142. The number of pyridine rings is 1. The van der Waals surface area contributed by atoms with Crippen LogP contribution in [-0.2, 0) is 9.53 Å². The molecule has 1 atom stereocenters. The van der Waals surface area contributed by atoms with Gasteiger partial charge in [0, 0.05) is 6.20 Å². The minimum Gasteiger partial charge on any atom is -0.467 e. The summed E-state index contributed by atoms with van der Waals surface area (Å²) in [6.07, 6.45) is 1.27. The molecule has 92 valence electrons. The molecule has 0 saturated carbocycles. The molecule has 7 heteroatoms. The van der Waals surface area contributed by atoms with Crippen molar-refractivity contribution < 1.29 is 14.3 Å². The van der Waals surface area contributed by atoms with E-state index in [9.17, 15) is 9.59 Å². The van der Waals surface area contributed by atoms with Crippen LogP contribution in [0, 0.1) is 0 Å². The number of rotatable bonds is 3. The third-order valence-corrected chi connectivity index (χ3v) is 2.48. The van der Waals surface area contributed by atoms with Crippen molar-refractivity contribution in [3.63, 3.8) is 0 Å². The zero-order chi connectivity index (χ0) is 13.0. The van der Waals surface area contributed by atoms with Crippen LogP contribution in [0.4, 0.5) is 0 Å². The van der Waals surface area contributed by atoms with Crippen molar-refractivity contribution in [3.05, 3.63) is 28.0 Å². The summed E-state index contributed by atoms with van der Waals surface area (Å²) in [5, 5.41) is 2.73. The summed E-state index contributed by atoms with van der Waals surface area (Å²) in [7, 11) is 1.24. The number of nitrogens with zero attached hydrogens (tertiary/aromatic N) is 1. The van der Waals surface area contributed by atoms with E-state index in [2.05, 4.69) is 15.0 Å². The lowest BCUT2D eigenvalue weighted by atomic mass is 10.2. The first-order valence-electron chi connectivity index (χ1n) is 4.65. The van der Waals surface area contributed by atoms with Crippen LogP contribution in [0.1, 0.15) is 17.3 Å². The molecule has 1 rings (SSSR count). The Labute approximate surface area is 108 Å². The van der Waals surface area contributed by atoms with Gasteiger partial charge in [-0.3, -0.25) is 4.79 Å². The van der Waals surface area contributed by atoms with Crippen LogP contribution in [-0.4, -0.2) is 30.0 Å². The number of halogens is 2. The summed E-state index contributed by atoms with van der Waals surface area (Å²) < 4.78 is 4.48. The highest BCUT2D eigenvalue weighted by Crippen LogP contribution is 2.17. The molecule has 17 heavy (non-hydrogen) atoms. The Hall–Kier alpha value is -1.33. The number of nitrogens with one attached hydrogen (secondary N) is 1. The van der Waals surface area contributed by atoms with Gasteiger partial charge in [0.2, 0.25) is 0 Å². The number of ether oxygens (including phenoxy) is 1. The van der Waals surface area contributed by atoms with Crippen LogP contribution in [0.2, 0.25) is 10.2 Å². The van der Waals surface area contributed by atoms with Gasteiger partial charge in [0.15, 0.2) is 0 Å². The Morgan fingerprint density at radius 3 is 2.71 bits per heavy atom. The molecule has 5 nitrogen and oxygen atoms in total. The highest BCUT2D eigenvalue weighted by atomic mass is 35.5. The van der Waals surface area contributed by atoms with Gasteiger partial charge in [0.25, 0.3) is 5.91 Å². The lowest BCUT2D eigenvalue weighted by Crippen LogP contribution is -2.39. The molecule has 0 fully saturated rings. The highest BCUT2D eigenvalue weighted by Gasteiger charge is 2.19. The molecule has 1 aromatic rings. The zero-order valence-electron chi connectivity index (χ0n) is 9.16. The molecular formula is C10H10Cl2N2O3. The minimum absolute atomic E-state index is 0.144. The summed E-state index contributed by atoms with van der Waals surface area (Å²) in [6.45, 7) is 1.50. The smallest absolute Gasteiger partial charge is 0.328 e. The van der Waals surface area contributed by atoms with Crippen molar-refractivity contribution in [2.45, 2.75) is 13.0 Å². The van der Waals surface area contributed by atoms with Crippen molar-refractivity contribution >= 4 is 35.1 Å². The van der Waals surface area contributed by atoms with Gasteiger partial charge >= 0.3 is 5.97 Å². The second-order valence-corrected chi connectivity index (χ2v) is 4.00. The van der Waals surface area contributed by atoms with E-state index < -0.39 is 17.9 Å². The fraction of sp³-hybridized carbons (Fsp3) is 0.300. The van der Waals surface area contributed by atoms with Crippen LogP contribution < -0.4 is 5.32 Å². The van der Waals surface area contributed by atoms with Gasteiger partial charge in [-0.15, -0.1) is 0 Å². The number of hydrogen-bond acceptors (Lipinski definition) is 4. The van der Waals surface area contributed by atoms with Gasteiger partial charge < -0.3 is 10.1 Å². The zero-order valence-corrected chi connectivity index (χ0v) is 10.7. The molecular weight excluding hydrogens is 267 g/mol. The number of methoxy groups -OCH3 is 1. The summed E-state index contributed by atoms with van der Waals surface area (Å²) in [4.78, 5) is 26.6. The fourth-order valence-corrected chi connectivity index (χ4v) is 1.44. The largest absolute Gasteiger partial charge is 0.467 e. The van der Waals surface area contributed by atoms with E-state index in [1.54, 1.807) is 0 Å². The van der Waals surface area contributed by atoms with Crippen LogP contribution in [0.5, 0.6) is 0 Å². The molecule has 0 aliphatic carbocycles. The van der Waals surface area contributed by atoms with E-state index in [1.807, 2.05) is 0 Å². The topological polar surface area (TPSA) is 68.3 Å². The van der Waals surface area contributed by atoms with Crippen LogP contribution >= 0.6 is 23.2 Å². The third kappa shape index (κ3) is 3.57. The number of esters is 1. The molecule has 0 spiro atoms. The van der Waals surface area contributed by atoms with Gasteiger partial charge in [-0.1, -0.05) is 23.2 Å². The Bertz CT molecular complexity index is 451. The van der Waals surface area contributed by atoms with Crippen molar-refractivity contribution in [1.82, 2.24) is 10.3 Å². The monoisotopic (exact) mass is 276 g/mol. The Morgan fingerprint density at radius 1 is 1.47 bits per heavy atom. The fourth-order valence-electron chi connectivity index (χ4n) is 1.10. The molecule has 1 unspecified atom stereocenters. The Balaban J connectivity index is 2.83. The van der Waals surface area contributed by atoms with E-state index in [0.29, 0.717) is 0 Å². The molecule has 0 radical (unpaired) electrons. The maximum absolute atomic E-state index is 11.8. The number of aromatic nitrogens is 1. The predicted octanol–water partition coefficient (Wildman–Crippen LogP) is 1.68. The first-order valence-corrected chi connectivity index (χ1v) is 5.41. The average Bonchev–Trinajstić information content (AvgIpc) is 2.30. The van der Waals surface area contributed by atoms with Crippen LogP contribution in [0.3, 0.4) is 0 Å². The molecule has 1 amide bonds. The first-order chi connectivity index (χ1) is 7.95. The van der Waals surface area contributed by atoms with E-state index in [0.717, 1.165) is 0 Å². The van der Waals surface area contributed by atoms with Crippen molar-refractivity contribution in [1.29, 1.82) is 0 Å². The van der Waals surface area contributed by atoms with E-state index in [1.165, 1.54) is 26.3 Å². The number of carbonyl (C=O) groups excluding carboxylic acids is 2. The van der Waals surface area contributed by atoms with E-state index in [4.69, 9.17) is 23.2 Å². The normalized spacial score (nSPS) is 11.8. The standard InChI is InChI=1S/C10H10Cl2N2O3/c1-5(10(16)17-2)14-9(15)6-3-8(12)13-4-7(6)11/h3-5H,1-2H3,(H,14,15). The second kappa shape index (κ2) is 5.84. The second-order valence-electron chi connectivity index (χ2n) is 3.21. The molecule has 0 saturated heterocycles. The van der Waals surface area contributed by atoms with Crippen molar-refractivity contribution in [2.75, 3.05) is 7.11 Å². The lowest BCUT2D eigenvalue weighted by Gasteiger charge is -2.12. The third-order valence-electron chi connectivity index (χ3n) is 1.97. The quantitative estimate of drug-likeness (QED) is 0.674. The Morgan fingerprint density at radius 2 is 2.12 bits per heavy atom. The summed E-state index contributed by atoms with van der Waals surface area (Å²) in [5.41, 5.74) is 0.155. The maximum atomic E-state index is 11.8. The molecule has 0 aromatic carbocycles. The predicted molar refractivity (Wildman–Crippen MR) is 63.2 cm³/mol. The molecule has 0 bridgehead atoms. The first kappa shape index (κ1) is 13.7. The summed E-state index contributed by atoms with van der Waals surface area (Å²) >= 11 is 11.4. The maximum Gasteiger partial charge on any atom is 0.328 e. The van der Waals surface area contributed by atoms with Gasteiger partial charge in [-0.25, -0.2) is 9.78 Å². The van der Waals surface area contributed by atoms with Crippen LogP contribution in [0.15, 0.2) is 12.3 Å². The van der Waals surface area contributed by atoms with Gasteiger partial charge in [0.05, 0.1) is 17.7 Å². The minimum atomic E-state index is -0.768. The van der Waals surface area contributed by atoms with Gasteiger partial charge in [-0.05, 0) is 13.0 Å². The summed E-state index contributed by atoms with van der Waals surface area (Å²) in [6, 6.07) is 0.555. The van der Waals surface area contributed by atoms with Crippen molar-refractivity contribution in [2.24, 2.45) is 0 Å². The molecule has 0 aliphatic rings. The number of hydrogen-bond donors (Lipinski definition) is 1. The number of carbonyl (C=O) groups is 2. The molecule has 1 N–H and O–H groups in total. The van der Waals surface area contributed by atoms with Gasteiger partial charge in [0.1, 0.15) is 11.2 Å². The number of amides is 1. The SMILES string of the molecule is COC(=O)C(C)NC(=O)c1cc(Cl)ncc1Cl. The molecule has 0 aliphatic heterocycles. The van der Waals surface area contributed by atoms with Gasteiger partial charge in [-0.2, -0.15) is 0 Å². The van der Waals surface area contributed by atoms with Crippen molar-refractivity contribution in [3.8, 4) is 0 Å².